The molecule has 2 rings (SSSR count). The first-order valence-electron chi connectivity index (χ1n) is 6.31. The maximum atomic E-state index is 12.0. The van der Waals surface area contributed by atoms with E-state index in [2.05, 4.69) is 0 Å². The fourth-order valence-corrected chi connectivity index (χ4v) is 1.97. The predicted molar refractivity (Wildman–Crippen MR) is 84.5 cm³/mol. The van der Waals surface area contributed by atoms with Crippen molar-refractivity contribution in [3.8, 4) is 5.75 Å². The van der Waals surface area contributed by atoms with E-state index in [0.717, 1.165) is 0 Å². The quantitative estimate of drug-likeness (QED) is 0.359. The molecule has 0 spiro atoms. The molecular weight excluding hydrogens is 306 g/mol. The minimum Gasteiger partial charge on any atom is -0.497 e. The normalized spacial score (nSPS) is 10.6. The molecule has 0 N–H and O–H groups in total. The van der Waals surface area contributed by atoms with E-state index in [9.17, 15) is 14.9 Å². The Labute approximate surface area is 131 Å². The van der Waals surface area contributed by atoms with E-state index in [1.807, 2.05) is 0 Å². The number of hydrogen-bond donors (Lipinski definition) is 0. The van der Waals surface area contributed by atoms with Gasteiger partial charge in [-0.2, -0.15) is 0 Å². The summed E-state index contributed by atoms with van der Waals surface area (Å²) in [6.45, 7) is 0. The number of methoxy groups -OCH3 is 1. The summed E-state index contributed by atoms with van der Waals surface area (Å²) < 4.78 is 5.02. The van der Waals surface area contributed by atoms with Crippen LogP contribution in [0.4, 0.5) is 5.69 Å². The second-order valence-electron chi connectivity index (χ2n) is 4.39. The number of nitro benzene ring substituents is 1. The van der Waals surface area contributed by atoms with Crippen LogP contribution in [0.3, 0.4) is 0 Å². The average Bonchev–Trinajstić information content (AvgIpc) is 2.53. The van der Waals surface area contributed by atoms with Crippen molar-refractivity contribution in [3.05, 3.63) is 74.8 Å². The number of benzene rings is 2. The number of rotatable bonds is 5. The summed E-state index contributed by atoms with van der Waals surface area (Å²) >= 11 is 5.97. The summed E-state index contributed by atoms with van der Waals surface area (Å²) in [5, 5.41) is 11.1. The van der Waals surface area contributed by atoms with Crippen molar-refractivity contribution in [2.45, 2.75) is 0 Å². The first-order valence-corrected chi connectivity index (χ1v) is 6.69. The number of nitrogens with zero attached hydrogens (tertiary/aromatic N) is 1. The zero-order chi connectivity index (χ0) is 16.1. The number of ether oxygens (including phenoxy) is 1. The third-order valence-corrected chi connectivity index (χ3v) is 3.32. The number of halogens is 1. The minimum absolute atomic E-state index is 0.0825. The largest absolute Gasteiger partial charge is 0.497 e. The molecule has 0 heterocycles. The van der Waals surface area contributed by atoms with Crippen LogP contribution in [0.15, 0.2) is 48.5 Å². The lowest BCUT2D eigenvalue weighted by Gasteiger charge is -2.01. The lowest BCUT2D eigenvalue weighted by atomic mass is 10.1. The molecule has 0 atom stereocenters. The molecule has 0 saturated carbocycles. The Balaban J connectivity index is 2.21. The van der Waals surface area contributed by atoms with E-state index in [4.69, 9.17) is 16.3 Å². The molecule has 2 aromatic rings. The smallest absolute Gasteiger partial charge is 0.270 e. The monoisotopic (exact) mass is 317 g/mol. The van der Waals surface area contributed by atoms with Gasteiger partial charge in [0.25, 0.3) is 5.69 Å². The lowest BCUT2D eigenvalue weighted by Crippen LogP contribution is -1.94. The minimum atomic E-state index is -0.515. The molecule has 5 nitrogen and oxygen atoms in total. The predicted octanol–water partition coefficient (Wildman–Crippen LogP) is 4.15. The third kappa shape index (κ3) is 3.71. The highest BCUT2D eigenvalue weighted by Gasteiger charge is 2.08. The van der Waals surface area contributed by atoms with E-state index >= 15 is 0 Å². The summed E-state index contributed by atoms with van der Waals surface area (Å²) in [6, 6.07) is 10.7. The highest BCUT2D eigenvalue weighted by atomic mass is 35.5. The molecule has 112 valence electrons. The van der Waals surface area contributed by atoms with Gasteiger partial charge in [0.1, 0.15) is 5.75 Å². The summed E-state index contributed by atoms with van der Waals surface area (Å²) in [6.07, 6.45) is 2.79. The number of carbonyl (C=O) groups excluding carboxylic acids is 1. The molecule has 0 aliphatic heterocycles. The van der Waals surface area contributed by atoms with Gasteiger partial charge in [0, 0.05) is 22.7 Å². The number of allylic oxidation sites excluding steroid dienone is 1. The first kappa shape index (κ1) is 15.7. The number of carbonyl (C=O) groups is 1. The van der Waals surface area contributed by atoms with Crippen LogP contribution in [-0.2, 0) is 0 Å². The van der Waals surface area contributed by atoms with E-state index in [0.29, 0.717) is 21.9 Å². The molecule has 0 fully saturated rings. The second kappa shape index (κ2) is 6.87. The van der Waals surface area contributed by atoms with E-state index in [1.165, 1.54) is 30.4 Å². The van der Waals surface area contributed by atoms with Gasteiger partial charge in [-0.25, -0.2) is 0 Å². The fourth-order valence-electron chi connectivity index (χ4n) is 1.79. The van der Waals surface area contributed by atoms with Crippen LogP contribution in [0.25, 0.3) is 6.08 Å². The van der Waals surface area contributed by atoms with Gasteiger partial charge in [0.2, 0.25) is 0 Å². The number of hydrogen-bond acceptors (Lipinski definition) is 4. The van der Waals surface area contributed by atoms with Crippen LogP contribution in [0, 0.1) is 10.1 Å². The number of non-ortho nitro benzene ring substituents is 1. The Bertz CT molecular complexity index is 738. The maximum Gasteiger partial charge on any atom is 0.270 e. The molecule has 0 amide bonds. The van der Waals surface area contributed by atoms with Crippen molar-refractivity contribution in [1.82, 2.24) is 0 Å². The highest BCUT2D eigenvalue weighted by Crippen LogP contribution is 2.23. The van der Waals surface area contributed by atoms with Crippen LogP contribution in [0.1, 0.15) is 15.9 Å². The van der Waals surface area contributed by atoms with Crippen LogP contribution in [0.5, 0.6) is 5.75 Å². The van der Waals surface area contributed by atoms with Crippen LogP contribution in [-0.4, -0.2) is 17.8 Å². The average molecular weight is 318 g/mol. The highest BCUT2D eigenvalue weighted by molar-refractivity contribution is 6.32. The van der Waals surface area contributed by atoms with Crippen molar-refractivity contribution in [2.24, 2.45) is 0 Å². The Kier molecular flexibility index (Phi) is 4.91. The summed E-state index contributed by atoms with van der Waals surface area (Å²) in [4.78, 5) is 22.3. The molecule has 2 aromatic carbocycles. The topological polar surface area (TPSA) is 69.4 Å². The van der Waals surface area contributed by atoms with Crippen molar-refractivity contribution in [3.63, 3.8) is 0 Å². The van der Waals surface area contributed by atoms with Crippen molar-refractivity contribution < 1.29 is 14.5 Å². The van der Waals surface area contributed by atoms with E-state index < -0.39 is 4.92 Å². The molecule has 6 heteroatoms. The molecule has 0 aromatic heterocycles. The summed E-state index contributed by atoms with van der Waals surface area (Å²) in [5.74, 6) is 0.424. The standard InChI is InChI=1S/C16H12ClNO4/c1-22-14-6-2-11(3-7-14)16(19)9-4-12-10-13(18(20)21)5-8-15(12)17/h2-10H,1H3/b9-4+. The Morgan fingerprint density at radius 3 is 2.50 bits per heavy atom. The van der Waals surface area contributed by atoms with Crippen molar-refractivity contribution >= 4 is 29.1 Å². The van der Waals surface area contributed by atoms with Crippen molar-refractivity contribution in [1.29, 1.82) is 0 Å². The van der Waals surface area contributed by atoms with Gasteiger partial charge in [-0.3, -0.25) is 14.9 Å². The van der Waals surface area contributed by atoms with Gasteiger partial charge in [0.05, 0.1) is 12.0 Å². The van der Waals surface area contributed by atoms with Crippen LogP contribution >= 0.6 is 11.6 Å². The van der Waals surface area contributed by atoms with Crippen molar-refractivity contribution in [2.75, 3.05) is 7.11 Å². The number of ketones is 1. The van der Waals surface area contributed by atoms with Crippen LogP contribution in [0.2, 0.25) is 5.02 Å². The number of nitro groups is 1. The van der Waals surface area contributed by atoms with Gasteiger partial charge < -0.3 is 4.74 Å². The lowest BCUT2D eigenvalue weighted by molar-refractivity contribution is -0.384. The van der Waals surface area contributed by atoms with E-state index in [1.54, 1.807) is 31.4 Å². The van der Waals surface area contributed by atoms with Gasteiger partial charge >= 0.3 is 0 Å². The van der Waals surface area contributed by atoms with E-state index in [-0.39, 0.29) is 11.5 Å². The first-order chi connectivity index (χ1) is 10.5. The van der Waals surface area contributed by atoms with Gasteiger partial charge in [0.15, 0.2) is 5.78 Å². The molecule has 22 heavy (non-hydrogen) atoms. The summed E-state index contributed by atoms with van der Waals surface area (Å²) in [5.41, 5.74) is 0.817. The Morgan fingerprint density at radius 2 is 1.91 bits per heavy atom. The molecule has 0 saturated heterocycles. The molecule has 0 unspecified atom stereocenters. The fraction of sp³-hybridized carbons (Fsp3) is 0.0625. The van der Waals surface area contributed by atoms with Gasteiger partial charge in [-0.1, -0.05) is 11.6 Å². The maximum absolute atomic E-state index is 12.0. The Morgan fingerprint density at radius 1 is 1.23 bits per heavy atom. The third-order valence-electron chi connectivity index (χ3n) is 2.98. The zero-order valence-electron chi connectivity index (χ0n) is 11.7. The molecule has 0 aliphatic rings. The van der Waals surface area contributed by atoms with Crippen LogP contribution < -0.4 is 4.74 Å². The summed E-state index contributed by atoms with van der Waals surface area (Å²) in [7, 11) is 1.54. The van der Waals surface area contributed by atoms with Gasteiger partial charge in [-0.05, 0) is 48.0 Å². The SMILES string of the molecule is COc1ccc(C(=O)/C=C/c2cc([N+](=O)[O-])ccc2Cl)cc1. The molecule has 0 bridgehead atoms. The molecule has 0 aliphatic carbocycles. The van der Waals surface area contributed by atoms with Gasteiger partial charge in [-0.15, -0.1) is 0 Å². The second-order valence-corrected chi connectivity index (χ2v) is 4.80. The Hall–Kier alpha value is -2.66. The molecule has 0 radical (unpaired) electrons. The zero-order valence-corrected chi connectivity index (χ0v) is 12.4. The molecular formula is C16H12ClNO4.